The van der Waals surface area contributed by atoms with Gasteiger partial charge < -0.3 is 14.8 Å². The molecule has 7 nitrogen and oxygen atoms in total. The summed E-state index contributed by atoms with van der Waals surface area (Å²) in [5.74, 6) is -2.55. The third-order valence-electron chi connectivity index (χ3n) is 5.01. The number of carbonyl (C=O) groups is 1. The summed E-state index contributed by atoms with van der Waals surface area (Å²) in [6.45, 7) is 2.55. The van der Waals surface area contributed by atoms with Gasteiger partial charge >= 0.3 is 6.18 Å². The molecular formula is C22H20F4N4O3S. The van der Waals surface area contributed by atoms with E-state index in [-0.39, 0.29) is 41.7 Å². The second kappa shape index (κ2) is 10.0. The predicted molar refractivity (Wildman–Crippen MR) is 115 cm³/mol. The number of alkyl halides is 3. The van der Waals surface area contributed by atoms with Crippen molar-refractivity contribution < 1.29 is 31.8 Å². The first-order valence-electron chi connectivity index (χ1n) is 10.4. The van der Waals surface area contributed by atoms with Crippen molar-refractivity contribution in [2.45, 2.75) is 38.6 Å². The third kappa shape index (κ3) is 5.68. The molecule has 1 aliphatic rings. The van der Waals surface area contributed by atoms with Crippen LogP contribution in [0.2, 0.25) is 0 Å². The fraction of sp³-hybridized carbons (Fsp3) is 0.364. The van der Waals surface area contributed by atoms with Crippen LogP contribution in [0.25, 0.3) is 10.6 Å². The predicted octanol–water partition coefficient (Wildman–Crippen LogP) is 4.55. The normalized spacial score (nSPS) is 16.0. The lowest BCUT2D eigenvalue weighted by atomic mass is 10.1. The molecule has 12 heteroatoms. The zero-order valence-electron chi connectivity index (χ0n) is 18.0. The quantitative estimate of drug-likeness (QED) is 0.483. The molecular weight excluding hydrogens is 476 g/mol. The Kier molecular flexibility index (Phi) is 7.08. The number of aryl methyl sites for hydroxylation is 1. The molecule has 1 N–H and O–H groups in total. The van der Waals surface area contributed by atoms with Crippen molar-refractivity contribution in [2.75, 3.05) is 13.2 Å². The Balaban J connectivity index is 1.54. The van der Waals surface area contributed by atoms with Crippen LogP contribution in [0, 0.1) is 12.7 Å². The largest absolute Gasteiger partial charge is 0.491 e. The number of thiazole rings is 1. The minimum absolute atomic E-state index is 0.0763. The van der Waals surface area contributed by atoms with Gasteiger partial charge in [-0.2, -0.15) is 13.2 Å². The minimum atomic E-state index is -4.67. The third-order valence-corrected chi connectivity index (χ3v) is 5.96. The Morgan fingerprint density at radius 3 is 2.62 bits per heavy atom. The number of rotatable bonds is 7. The van der Waals surface area contributed by atoms with E-state index in [4.69, 9.17) is 9.47 Å². The Labute approximate surface area is 196 Å². The molecule has 0 saturated carbocycles. The zero-order chi connectivity index (χ0) is 24.3. The summed E-state index contributed by atoms with van der Waals surface area (Å²) in [7, 11) is 0. The maximum atomic E-state index is 15.3. The number of nitrogens with zero attached hydrogens (tertiary/aromatic N) is 3. The van der Waals surface area contributed by atoms with Crippen LogP contribution in [0.4, 0.5) is 17.6 Å². The van der Waals surface area contributed by atoms with Crippen LogP contribution in [-0.4, -0.2) is 40.2 Å². The fourth-order valence-corrected chi connectivity index (χ4v) is 4.09. The molecule has 0 radical (unpaired) electrons. The van der Waals surface area contributed by atoms with Gasteiger partial charge in [0.15, 0.2) is 0 Å². The Morgan fingerprint density at radius 2 is 2.00 bits per heavy atom. The number of aromatic nitrogens is 3. The molecule has 1 saturated heterocycles. The van der Waals surface area contributed by atoms with Crippen LogP contribution < -0.4 is 10.1 Å². The van der Waals surface area contributed by atoms with Crippen LogP contribution in [0.15, 0.2) is 30.7 Å². The van der Waals surface area contributed by atoms with Crippen LogP contribution in [0.5, 0.6) is 5.75 Å². The van der Waals surface area contributed by atoms with E-state index in [0.717, 1.165) is 30.1 Å². The average molecular weight is 496 g/mol. The average Bonchev–Trinajstić information content (AvgIpc) is 3.48. The SMILES string of the molecule is Cc1cnc(-c2cc(OCC3CCCO3)cc(C(=O)NCc3cnc(C(F)(F)F)nc3)c2F)s1. The lowest BCUT2D eigenvalue weighted by molar-refractivity contribution is -0.145. The van der Waals surface area contributed by atoms with Crippen LogP contribution in [-0.2, 0) is 17.5 Å². The Morgan fingerprint density at radius 1 is 1.24 bits per heavy atom. The Hall–Kier alpha value is -3.12. The number of ether oxygens (including phenoxy) is 2. The number of hydrogen-bond acceptors (Lipinski definition) is 7. The monoisotopic (exact) mass is 496 g/mol. The summed E-state index contributed by atoms with van der Waals surface area (Å²) in [6, 6.07) is 2.77. The molecule has 0 spiro atoms. The molecule has 3 heterocycles. The summed E-state index contributed by atoms with van der Waals surface area (Å²) < 4.78 is 64.5. The summed E-state index contributed by atoms with van der Waals surface area (Å²) in [4.78, 5) is 24.4. The minimum Gasteiger partial charge on any atom is -0.491 e. The molecule has 3 aromatic rings. The first-order chi connectivity index (χ1) is 16.2. The van der Waals surface area contributed by atoms with Crippen molar-refractivity contribution in [1.82, 2.24) is 20.3 Å². The number of hydrogen-bond donors (Lipinski definition) is 1. The molecule has 1 unspecified atom stereocenters. The van der Waals surface area contributed by atoms with Crippen LogP contribution >= 0.6 is 11.3 Å². The van der Waals surface area contributed by atoms with E-state index >= 15 is 4.39 Å². The number of amides is 1. The fourth-order valence-electron chi connectivity index (χ4n) is 3.32. The van der Waals surface area contributed by atoms with Gasteiger partial charge in [0.05, 0.1) is 17.2 Å². The highest BCUT2D eigenvalue weighted by atomic mass is 32.1. The molecule has 180 valence electrons. The number of halogens is 4. The molecule has 1 atom stereocenters. The number of benzene rings is 1. The zero-order valence-corrected chi connectivity index (χ0v) is 18.8. The standard InChI is InChI=1S/C22H20F4N4O3S/c1-12-7-28-20(34-12)17-6-15(33-11-14-3-2-4-32-14)5-16(18(17)23)19(31)27-8-13-9-29-21(30-10-13)22(24,25)26/h5-7,9-10,14H,2-4,8,11H2,1H3,(H,27,31). The highest BCUT2D eigenvalue weighted by Crippen LogP contribution is 2.33. The summed E-state index contributed by atoms with van der Waals surface area (Å²) in [5, 5.41) is 2.88. The van der Waals surface area contributed by atoms with Crippen molar-refractivity contribution in [1.29, 1.82) is 0 Å². The van der Waals surface area contributed by atoms with Gasteiger partial charge in [-0.25, -0.2) is 19.3 Å². The first-order valence-corrected chi connectivity index (χ1v) is 11.2. The molecule has 34 heavy (non-hydrogen) atoms. The first kappa shape index (κ1) is 24.0. The van der Waals surface area contributed by atoms with Crippen molar-refractivity contribution >= 4 is 17.2 Å². The molecule has 0 aliphatic carbocycles. The summed E-state index contributed by atoms with van der Waals surface area (Å²) in [6.07, 6.45) is 0.551. The van der Waals surface area contributed by atoms with Gasteiger partial charge in [0, 0.05) is 42.2 Å². The van der Waals surface area contributed by atoms with E-state index in [1.54, 1.807) is 6.20 Å². The number of nitrogens with one attached hydrogen (secondary N) is 1. The number of carbonyl (C=O) groups excluding carboxylic acids is 1. The van der Waals surface area contributed by atoms with Gasteiger partial charge in [-0.3, -0.25) is 4.79 Å². The lowest BCUT2D eigenvalue weighted by Crippen LogP contribution is -2.25. The van der Waals surface area contributed by atoms with Gasteiger partial charge in [-0.1, -0.05) is 0 Å². The summed E-state index contributed by atoms with van der Waals surface area (Å²) >= 11 is 1.27. The molecule has 2 aromatic heterocycles. The van der Waals surface area contributed by atoms with E-state index < -0.39 is 23.7 Å². The molecule has 4 rings (SSSR count). The second-order valence-corrected chi connectivity index (χ2v) is 8.88. The van der Waals surface area contributed by atoms with Gasteiger partial charge in [-0.15, -0.1) is 11.3 Å². The van der Waals surface area contributed by atoms with Crippen molar-refractivity contribution in [2.24, 2.45) is 0 Å². The topological polar surface area (TPSA) is 86.2 Å². The highest BCUT2D eigenvalue weighted by molar-refractivity contribution is 7.14. The van der Waals surface area contributed by atoms with Crippen molar-refractivity contribution in [3.63, 3.8) is 0 Å². The van der Waals surface area contributed by atoms with Crippen LogP contribution in [0.3, 0.4) is 0 Å². The van der Waals surface area contributed by atoms with Gasteiger partial charge in [0.1, 0.15) is 23.2 Å². The molecule has 1 amide bonds. The van der Waals surface area contributed by atoms with Crippen LogP contribution in [0.1, 0.15) is 39.5 Å². The van der Waals surface area contributed by atoms with E-state index in [2.05, 4.69) is 20.3 Å². The van der Waals surface area contributed by atoms with E-state index in [9.17, 15) is 18.0 Å². The van der Waals surface area contributed by atoms with Gasteiger partial charge in [0.25, 0.3) is 5.91 Å². The summed E-state index contributed by atoms with van der Waals surface area (Å²) in [5.41, 5.74) is 0.0646. The van der Waals surface area contributed by atoms with Crippen molar-refractivity contribution in [3.05, 3.63) is 58.4 Å². The van der Waals surface area contributed by atoms with Gasteiger partial charge in [-0.05, 0) is 31.9 Å². The lowest BCUT2D eigenvalue weighted by Gasteiger charge is -2.15. The molecule has 1 fully saturated rings. The van der Waals surface area contributed by atoms with E-state index in [1.165, 1.54) is 23.5 Å². The smallest absolute Gasteiger partial charge is 0.451 e. The molecule has 1 aromatic carbocycles. The van der Waals surface area contributed by atoms with Crippen molar-refractivity contribution in [3.8, 4) is 16.3 Å². The van der Waals surface area contributed by atoms with E-state index in [0.29, 0.717) is 11.6 Å². The highest BCUT2D eigenvalue weighted by Gasteiger charge is 2.34. The molecule has 1 aliphatic heterocycles. The maximum Gasteiger partial charge on any atom is 0.451 e. The second-order valence-electron chi connectivity index (χ2n) is 7.65. The van der Waals surface area contributed by atoms with E-state index in [1.807, 2.05) is 6.92 Å². The van der Waals surface area contributed by atoms with Gasteiger partial charge in [0.2, 0.25) is 5.82 Å². The Bertz CT molecular complexity index is 1160. The maximum absolute atomic E-state index is 15.3. The molecule has 0 bridgehead atoms.